The van der Waals surface area contributed by atoms with Crippen LogP contribution in [0.4, 0.5) is 0 Å². The predicted molar refractivity (Wildman–Crippen MR) is 91.8 cm³/mol. The Morgan fingerprint density at radius 2 is 1.84 bits per heavy atom. The van der Waals surface area contributed by atoms with Crippen molar-refractivity contribution in [1.82, 2.24) is 4.90 Å². The molecular weight excluding hydrogens is 322 g/mol. The number of carbonyl (C=O) groups excluding carboxylic acids is 2. The molecule has 0 radical (unpaired) electrons. The van der Waals surface area contributed by atoms with Gasteiger partial charge in [0.2, 0.25) is 0 Å². The van der Waals surface area contributed by atoms with Gasteiger partial charge in [0.05, 0.1) is 20.3 Å². The van der Waals surface area contributed by atoms with Crippen LogP contribution in [-0.4, -0.2) is 50.2 Å². The average Bonchev–Trinajstić information content (AvgIpc) is 3.32. The van der Waals surface area contributed by atoms with Crippen LogP contribution in [0.15, 0.2) is 18.2 Å². The maximum Gasteiger partial charge on any atom is 0.396 e. The predicted octanol–water partition coefficient (Wildman–Crippen LogP) is 2.51. The summed E-state index contributed by atoms with van der Waals surface area (Å²) in [6, 6.07) is 5.95. The molecule has 6 nitrogen and oxygen atoms in total. The van der Waals surface area contributed by atoms with Crippen molar-refractivity contribution in [2.24, 2.45) is 0 Å². The lowest BCUT2D eigenvalue weighted by atomic mass is 9.98. The van der Waals surface area contributed by atoms with E-state index in [0.29, 0.717) is 13.1 Å². The number of hydrogen-bond acceptors (Lipinski definition) is 5. The number of likely N-dealkylation sites (tertiary alicyclic amines) is 1. The van der Waals surface area contributed by atoms with Gasteiger partial charge in [0.15, 0.2) is 11.5 Å². The summed E-state index contributed by atoms with van der Waals surface area (Å²) in [5, 5.41) is 0. The van der Waals surface area contributed by atoms with Crippen LogP contribution in [0, 0.1) is 0 Å². The van der Waals surface area contributed by atoms with Crippen LogP contribution in [-0.2, 0) is 14.3 Å². The SMILES string of the molecule is COC(=O)C(=O)N1CCC(c2ccc(OC)c(OC3CCCC3)c2)C1. The molecule has 1 aromatic rings. The number of carbonyl (C=O) groups is 2. The molecule has 136 valence electrons. The lowest BCUT2D eigenvalue weighted by molar-refractivity contribution is -0.157. The van der Waals surface area contributed by atoms with Crippen LogP contribution in [0.3, 0.4) is 0 Å². The summed E-state index contributed by atoms with van der Waals surface area (Å²) in [4.78, 5) is 24.9. The molecule has 3 rings (SSSR count). The van der Waals surface area contributed by atoms with Gasteiger partial charge in [0.25, 0.3) is 0 Å². The van der Waals surface area contributed by atoms with E-state index in [9.17, 15) is 9.59 Å². The molecule has 1 amide bonds. The monoisotopic (exact) mass is 347 g/mol. The van der Waals surface area contributed by atoms with Gasteiger partial charge in [-0.25, -0.2) is 4.79 Å². The van der Waals surface area contributed by atoms with Crippen LogP contribution >= 0.6 is 0 Å². The molecule has 1 saturated heterocycles. The lowest BCUT2D eigenvalue weighted by Crippen LogP contribution is -2.35. The van der Waals surface area contributed by atoms with Crippen molar-refractivity contribution >= 4 is 11.9 Å². The number of nitrogens with zero attached hydrogens (tertiary/aromatic N) is 1. The average molecular weight is 347 g/mol. The second-order valence-electron chi connectivity index (χ2n) is 6.66. The van der Waals surface area contributed by atoms with E-state index in [2.05, 4.69) is 4.74 Å². The van der Waals surface area contributed by atoms with E-state index in [1.165, 1.54) is 20.0 Å². The van der Waals surface area contributed by atoms with Crippen LogP contribution in [0.25, 0.3) is 0 Å². The Morgan fingerprint density at radius 3 is 2.52 bits per heavy atom. The van der Waals surface area contributed by atoms with E-state index < -0.39 is 11.9 Å². The quantitative estimate of drug-likeness (QED) is 0.618. The molecule has 6 heteroatoms. The molecule has 0 aromatic heterocycles. The van der Waals surface area contributed by atoms with Crippen molar-refractivity contribution in [2.75, 3.05) is 27.3 Å². The van der Waals surface area contributed by atoms with Gasteiger partial charge in [-0.15, -0.1) is 0 Å². The lowest BCUT2D eigenvalue weighted by Gasteiger charge is -2.19. The molecule has 1 saturated carbocycles. The molecule has 1 unspecified atom stereocenters. The number of hydrogen-bond donors (Lipinski definition) is 0. The standard InChI is InChI=1S/C19H25NO5/c1-23-16-8-7-13(11-17(16)25-15-5-3-4-6-15)14-9-10-20(12-14)18(21)19(22)24-2/h7-8,11,14-15H,3-6,9-10,12H2,1-2H3. The largest absolute Gasteiger partial charge is 0.493 e. The number of rotatable bonds is 4. The van der Waals surface area contributed by atoms with Crippen molar-refractivity contribution < 1.29 is 23.8 Å². The Labute approximate surface area is 148 Å². The minimum atomic E-state index is -0.805. The molecule has 0 N–H and O–H groups in total. The van der Waals surface area contributed by atoms with Crippen LogP contribution in [0.2, 0.25) is 0 Å². The van der Waals surface area contributed by atoms with Crippen molar-refractivity contribution in [3.8, 4) is 11.5 Å². The van der Waals surface area contributed by atoms with Gasteiger partial charge < -0.3 is 19.1 Å². The maximum atomic E-state index is 12.0. The first-order valence-corrected chi connectivity index (χ1v) is 8.84. The second-order valence-corrected chi connectivity index (χ2v) is 6.66. The third kappa shape index (κ3) is 3.89. The summed E-state index contributed by atoms with van der Waals surface area (Å²) in [6.07, 6.45) is 5.65. The first kappa shape index (κ1) is 17.6. The van der Waals surface area contributed by atoms with Crippen LogP contribution in [0.1, 0.15) is 43.6 Å². The Kier molecular flexibility index (Phi) is 5.46. The van der Waals surface area contributed by atoms with Gasteiger partial charge in [-0.2, -0.15) is 0 Å². The highest BCUT2D eigenvalue weighted by molar-refractivity contribution is 6.32. The molecule has 1 heterocycles. The summed E-state index contributed by atoms with van der Waals surface area (Å²) in [5.74, 6) is 0.313. The van der Waals surface area contributed by atoms with E-state index in [1.54, 1.807) is 12.0 Å². The zero-order valence-corrected chi connectivity index (χ0v) is 14.8. The first-order chi connectivity index (χ1) is 12.1. The topological polar surface area (TPSA) is 65.1 Å². The van der Waals surface area contributed by atoms with E-state index in [4.69, 9.17) is 9.47 Å². The van der Waals surface area contributed by atoms with E-state index >= 15 is 0 Å². The van der Waals surface area contributed by atoms with Crippen molar-refractivity contribution in [3.63, 3.8) is 0 Å². The summed E-state index contributed by atoms with van der Waals surface area (Å²) < 4.78 is 16.1. The Morgan fingerprint density at radius 1 is 1.08 bits per heavy atom. The molecule has 1 atom stereocenters. The van der Waals surface area contributed by atoms with E-state index in [0.717, 1.165) is 36.3 Å². The van der Waals surface area contributed by atoms with Gasteiger partial charge in [0, 0.05) is 19.0 Å². The summed E-state index contributed by atoms with van der Waals surface area (Å²) >= 11 is 0. The second kappa shape index (κ2) is 7.76. The first-order valence-electron chi connectivity index (χ1n) is 8.84. The normalized spacial score (nSPS) is 20.6. The van der Waals surface area contributed by atoms with E-state index in [-0.39, 0.29) is 12.0 Å². The van der Waals surface area contributed by atoms with Crippen LogP contribution in [0.5, 0.6) is 11.5 Å². The van der Waals surface area contributed by atoms with Crippen molar-refractivity contribution in [1.29, 1.82) is 0 Å². The minimum Gasteiger partial charge on any atom is -0.493 e. The molecule has 1 aromatic carbocycles. The van der Waals surface area contributed by atoms with Gasteiger partial charge in [0.1, 0.15) is 0 Å². The van der Waals surface area contributed by atoms with Gasteiger partial charge >= 0.3 is 11.9 Å². The third-order valence-electron chi connectivity index (χ3n) is 5.09. The van der Waals surface area contributed by atoms with Gasteiger partial charge in [-0.1, -0.05) is 6.07 Å². The summed E-state index contributed by atoms with van der Waals surface area (Å²) in [5.41, 5.74) is 1.11. The molecule has 1 aliphatic carbocycles. The number of esters is 1. The fraction of sp³-hybridized carbons (Fsp3) is 0.579. The molecule has 2 fully saturated rings. The molecule has 0 spiro atoms. The van der Waals surface area contributed by atoms with Gasteiger partial charge in [-0.3, -0.25) is 4.79 Å². The minimum absolute atomic E-state index is 0.186. The fourth-order valence-electron chi connectivity index (χ4n) is 3.66. The summed E-state index contributed by atoms with van der Waals surface area (Å²) in [7, 11) is 2.87. The fourth-order valence-corrected chi connectivity index (χ4v) is 3.66. The number of amides is 1. The van der Waals surface area contributed by atoms with E-state index in [1.807, 2.05) is 18.2 Å². The highest BCUT2D eigenvalue weighted by atomic mass is 16.5. The molecule has 0 bridgehead atoms. The Hall–Kier alpha value is -2.24. The molecule has 2 aliphatic rings. The molecular formula is C19H25NO5. The third-order valence-corrected chi connectivity index (χ3v) is 5.09. The number of benzene rings is 1. The molecule has 1 aliphatic heterocycles. The molecule has 25 heavy (non-hydrogen) atoms. The smallest absolute Gasteiger partial charge is 0.396 e. The zero-order chi connectivity index (χ0) is 17.8. The van der Waals surface area contributed by atoms with Gasteiger partial charge in [-0.05, 0) is 49.8 Å². The zero-order valence-electron chi connectivity index (χ0n) is 14.8. The van der Waals surface area contributed by atoms with Crippen molar-refractivity contribution in [3.05, 3.63) is 23.8 Å². The Bertz CT molecular complexity index is 639. The highest BCUT2D eigenvalue weighted by Crippen LogP contribution is 2.36. The number of methoxy groups -OCH3 is 2. The van der Waals surface area contributed by atoms with Crippen molar-refractivity contribution in [2.45, 2.75) is 44.1 Å². The summed E-state index contributed by atoms with van der Waals surface area (Å²) in [6.45, 7) is 1.08. The van der Waals surface area contributed by atoms with Crippen LogP contribution < -0.4 is 9.47 Å². The highest BCUT2D eigenvalue weighted by Gasteiger charge is 2.32. The number of ether oxygens (including phenoxy) is 3. The maximum absolute atomic E-state index is 12.0. The Balaban J connectivity index is 1.72.